The number of hydrogen-bond acceptors (Lipinski definition) is 6. The van der Waals surface area contributed by atoms with Crippen LogP contribution in [-0.4, -0.2) is 51.5 Å². The lowest BCUT2D eigenvalue weighted by Gasteiger charge is -2.60. The molecule has 6 nitrogen and oxygen atoms in total. The first-order valence-corrected chi connectivity index (χ1v) is 13.0. The molecule has 4 fully saturated rings. The van der Waals surface area contributed by atoms with Crippen LogP contribution < -0.4 is 0 Å². The summed E-state index contributed by atoms with van der Waals surface area (Å²) in [4.78, 5) is 24.7. The lowest BCUT2D eigenvalue weighted by molar-refractivity contribution is -0.189. The van der Waals surface area contributed by atoms with E-state index in [0.29, 0.717) is 23.8 Å². The van der Waals surface area contributed by atoms with Gasteiger partial charge < -0.3 is 19.7 Å². The topological polar surface area (TPSA) is 96.4 Å². The Kier molecular flexibility index (Phi) is 4.61. The van der Waals surface area contributed by atoms with Crippen LogP contribution >= 0.6 is 0 Å². The molecule has 1 saturated heterocycles. The summed E-state index contributed by atoms with van der Waals surface area (Å²) < 4.78 is 12.0. The summed E-state index contributed by atoms with van der Waals surface area (Å²) in [5.41, 5.74) is -1.17. The lowest BCUT2D eigenvalue weighted by atomic mass is 9.44. The molecule has 2 N–H and O–H groups in total. The summed E-state index contributed by atoms with van der Waals surface area (Å²) in [6.45, 7) is 10.1. The van der Waals surface area contributed by atoms with Crippen molar-refractivity contribution in [3.8, 4) is 0 Å². The van der Waals surface area contributed by atoms with E-state index in [9.17, 15) is 19.8 Å². The highest BCUT2D eigenvalue weighted by atomic mass is 16.6. The fourth-order valence-corrected chi connectivity index (χ4v) is 9.31. The van der Waals surface area contributed by atoms with Crippen molar-refractivity contribution < 1.29 is 29.3 Å². The molecule has 0 unspecified atom stereocenters. The summed E-state index contributed by atoms with van der Waals surface area (Å²) in [6, 6.07) is 0. The number of hydrogen-bond donors (Lipinski definition) is 2. The molecule has 0 bridgehead atoms. The van der Waals surface area contributed by atoms with E-state index < -0.39 is 22.7 Å². The van der Waals surface area contributed by atoms with E-state index in [1.807, 2.05) is 19.9 Å². The Morgan fingerprint density at radius 1 is 1.12 bits per heavy atom. The van der Waals surface area contributed by atoms with Crippen molar-refractivity contribution in [3.63, 3.8) is 0 Å². The second-order valence-corrected chi connectivity index (χ2v) is 12.9. The molecule has 6 aliphatic rings. The number of carbonyl (C=O) groups is 2. The number of allylic oxidation sites excluding steroid dienone is 1. The molecule has 6 heteroatoms. The average Bonchev–Trinajstić information content (AvgIpc) is 3.49. The van der Waals surface area contributed by atoms with Gasteiger partial charge >= 0.3 is 5.97 Å². The van der Waals surface area contributed by atoms with E-state index in [1.165, 1.54) is 0 Å². The Balaban J connectivity index is 1.32. The maximum atomic E-state index is 12.4. The Hall–Kier alpha value is -1.50. The molecule has 186 valence electrons. The Bertz CT molecular complexity index is 1030. The zero-order valence-electron chi connectivity index (χ0n) is 21.0. The summed E-state index contributed by atoms with van der Waals surface area (Å²) >= 11 is 0. The van der Waals surface area contributed by atoms with Crippen molar-refractivity contribution in [2.45, 2.75) is 103 Å². The number of fused-ring (bicyclic) bond motifs is 8. The number of cyclic esters (lactones) is 1. The molecule has 34 heavy (non-hydrogen) atoms. The molecule has 4 aliphatic carbocycles. The van der Waals surface area contributed by atoms with Crippen molar-refractivity contribution in [2.75, 3.05) is 0 Å². The number of esters is 1. The van der Waals surface area contributed by atoms with Gasteiger partial charge in [0.05, 0.1) is 6.10 Å². The first-order chi connectivity index (χ1) is 15.8. The third-order valence-electron chi connectivity index (χ3n) is 11.5. The van der Waals surface area contributed by atoms with Crippen LogP contribution in [0.4, 0.5) is 0 Å². The van der Waals surface area contributed by atoms with Crippen molar-refractivity contribution >= 4 is 11.8 Å². The Morgan fingerprint density at radius 3 is 2.56 bits per heavy atom. The Morgan fingerprint density at radius 2 is 1.85 bits per heavy atom. The van der Waals surface area contributed by atoms with E-state index in [1.54, 1.807) is 13.0 Å². The molecule has 2 heterocycles. The molecule has 0 aromatic rings. The fourth-order valence-electron chi connectivity index (χ4n) is 9.31. The molecule has 0 radical (unpaired) electrons. The van der Waals surface area contributed by atoms with Gasteiger partial charge in [0.15, 0.2) is 5.78 Å². The lowest BCUT2D eigenvalue weighted by Crippen LogP contribution is -2.65. The van der Waals surface area contributed by atoms with Crippen molar-refractivity contribution in [1.29, 1.82) is 0 Å². The molecular weight excluding hydrogens is 432 g/mol. The average molecular weight is 471 g/mol. The van der Waals surface area contributed by atoms with Crippen molar-refractivity contribution in [1.82, 2.24) is 0 Å². The predicted molar refractivity (Wildman–Crippen MR) is 125 cm³/mol. The number of ether oxygens (including phenoxy) is 2. The van der Waals surface area contributed by atoms with Crippen LogP contribution in [0.25, 0.3) is 0 Å². The van der Waals surface area contributed by atoms with Crippen LogP contribution in [0, 0.1) is 34.5 Å². The number of epoxide rings is 1. The minimum absolute atomic E-state index is 0.0176. The van der Waals surface area contributed by atoms with Gasteiger partial charge in [0.1, 0.15) is 23.4 Å². The van der Waals surface area contributed by atoms with Crippen LogP contribution in [0.2, 0.25) is 0 Å². The van der Waals surface area contributed by atoms with Gasteiger partial charge in [0.25, 0.3) is 0 Å². The van der Waals surface area contributed by atoms with Crippen LogP contribution in [0.1, 0.15) is 73.1 Å². The maximum Gasteiger partial charge on any atom is 0.334 e. The number of aliphatic hydroxyl groups is 2. The minimum atomic E-state index is -1.13. The molecule has 0 spiro atoms. The van der Waals surface area contributed by atoms with E-state index >= 15 is 0 Å². The van der Waals surface area contributed by atoms with Gasteiger partial charge in [-0.15, -0.1) is 0 Å². The normalized spacial score (nSPS) is 53.3. The summed E-state index contributed by atoms with van der Waals surface area (Å²) in [5.74, 6) is 0.585. The molecular formula is C28H38O6. The number of carbonyl (C=O) groups excluding carboxylic acids is 2. The predicted octanol–water partition coefficient (Wildman–Crippen LogP) is 3.50. The van der Waals surface area contributed by atoms with Gasteiger partial charge in [0, 0.05) is 23.8 Å². The highest BCUT2D eigenvalue weighted by molar-refractivity contribution is 5.92. The van der Waals surface area contributed by atoms with Crippen LogP contribution in [-0.2, 0) is 19.1 Å². The maximum absolute atomic E-state index is 12.4. The molecule has 11 atom stereocenters. The zero-order valence-corrected chi connectivity index (χ0v) is 21.0. The van der Waals surface area contributed by atoms with E-state index in [4.69, 9.17) is 9.47 Å². The van der Waals surface area contributed by atoms with Crippen LogP contribution in [0.5, 0.6) is 0 Å². The SMILES string of the molecule is CC1=C(C)C(=O)O[C@@H]([C@](C)(O)[C@H]2CC[C@H]3[C@@H]4[C@@H]5O[C@@H]5[C@@]5(O)CC(=O)C=C[C@]5(C)[C@H]4CC[C@]23C)C1. The van der Waals surface area contributed by atoms with Crippen LogP contribution in [0.15, 0.2) is 23.3 Å². The standard InChI is InChI=1S/C28H38O6/c1-14-12-20(33-24(30)15(14)2)27(5,31)19-7-6-17-21-18(9-10-25(17,19)3)26(4)11-8-16(29)13-28(26,32)23-22(21)34-23/h8,11,17-23,31-32H,6-7,9-10,12-13H2,1-5H3/t17-,18-,19-,20+,21-,22-,23-,25-,26+,27+,28-/m0/s1. The molecule has 0 amide bonds. The Labute approximate surface area is 201 Å². The second-order valence-electron chi connectivity index (χ2n) is 12.9. The van der Waals surface area contributed by atoms with E-state index in [0.717, 1.165) is 31.3 Å². The highest BCUT2D eigenvalue weighted by Crippen LogP contribution is 2.72. The van der Waals surface area contributed by atoms with Crippen molar-refractivity contribution in [3.05, 3.63) is 23.3 Å². The summed E-state index contributed by atoms with van der Waals surface area (Å²) in [6.07, 6.45) is 7.27. The monoisotopic (exact) mass is 470 g/mol. The third-order valence-corrected chi connectivity index (χ3v) is 11.5. The van der Waals surface area contributed by atoms with Gasteiger partial charge in [-0.05, 0) is 81.6 Å². The van der Waals surface area contributed by atoms with Gasteiger partial charge in [0.2, 0.25) is 0 Å². The van der Waals surface area contributed by atoms with Gasteiger partial charge in [-0.1, -0.05) is 25.5 Å². The second kappa shape index (κ2) is 6.83. The van der Waals surface area contributed by atoms with E-state index in [2.05, 4.69) is 13.8 Å². The molecule has 0 aromatic heterocycles. The molecule has 2 aliphatic heterocycles. The number of rotatable bonds is 2. The first-order valence-electron chi connectivity index (χ1n) is 13.0. The minimum Gasteiger partial charge on any atom is -0.456 e. The summed E-state index contributed by atoms with van der Waals surface area (Å²) in [5, 5.41) is 23.6. The van der Waals surface area contributed by atoms with Gasteiger partial charge in [-0.2, -0.15) is 0 Å². The third kappa shape index (κ3) is 2.68. The summed E-state index contributed by atoms with van der Waals surface area (Å²) in [7, 11) is 0. The smallest absolute Gasteiger partial charge is 0.334 e. The largest absolute Gasteiger partial charge is 0.456 e. The molecule has 0 aromatic carbocycles. The fraction of sp³-hybridized carbons (Fsp3) is 0.786. The van der Waals surface area contributed by atoms with Crippen molar-refractivity contribution in [2.24, 2.45) is 34.5 Å². The molecule has 3 saturated carbocycles. The van der Waals surface area contributed by atoms with Crippen LogP contribution in [0.3, 0.4) is 0 Å². The van der Waals surface area contributed by atoms with Gasteiger partial charge in [-0.25, -0.2) is 4.79 Å². The number of ketones is 1. The highest BCUT2D eigenvalue weighted by Gasteiger charge is 2.76. The quantitative estimate of drug-likeness (QED) is 0.474. The first kappa shape index (κ1) is 22.9. The van der Waals surface area contributed by atoms with E-state index in [-0.39, 0.29) is 47.6 Å². The molecule has 6 rings (SSSR count). The zero-order chi connectivity index (χ0) is 24.4. The van der Waals surface area contributed by atoms with Gasteiger partial charge in [-0.3, -0.25) is 4.79 Å².